The molecule has 0 fully saturated rings. The van der Waals surface area contributed by atoms with Crippen LogP contribution in [0, 0.1) is 0 Å². The molecule has 0 aliphatic heterocycles. The first kappa shape index (κ1) is 10.7. The monoisotopic (exact) mass is 261 g/mol. The molecule has 1 N–H and O–H groups in total. The van der Waals surface area contributed by atoms with Gasteiger partial charge in [0.15, 0.2) is 0 Å². The standard InChI is InChI=1S/C11H7N3O3S/c15-6-12-9-8(7-4-2-1-3-5-7)10(16)14-11(17)13(9)18-14/h1-6H,(H,12,15). The molecule has 4 aromatic rings. The van der Waals surface area contributed by atoms with Crippen LogP contribution in [0.4, 0.5) is 5.82 Å². The van der Waals surface area contributed by atoms with Gasteiger partial charge in [-0.05, 0) is 5.56 Å². The number of carbonyl (C=O) groups excluding carboxylic acids is 1. The zero-order chi connectivity index (χ0) is 12.7. The van der Waals surface area contributed by atoms with Gasteiger partial charge in [-0.3, -0.25) is 9.59 Å². The molecule has 0 saturated heterocycles. The Morgan fingerprint density at radius 2 is 1.83 bits per heavy atom. The highest BCUT2D eigenvalue weighted by atomic mass is 32.1. The predicted molar refractivity (Wildman–Crippen MR) is 67.6 cm³/mol. The molecule has 0 aliphatic carbocycles. The van der Waals surface area contributed by atoms with E-state index in [-0.39, 0.29) is 5.82 Å². The summed E-state index contributed by atoms with van der Waals surface area (Å²) in [6, 6.07) is 8.90. The van der Waals surface area contributed by atoms with Gasteiger partial charge in [-0.1, -0.05) is 30.3 Å². The van der Waals surface area contributed by atoms with Crippen LogP contribution in [0.3, 0.4) is 0 Å². The van der Waals surface area contributed by atoms with Crippen molar-refractivity contribution in [2.75, 3.05) is 5.32 Å². The van der Waals surface area contributed by atoms with Crippen molar-refractivity contribution in [1.29, 1.82) is 0 Å². The summed E-state index contributed by atoms with van der Waals surface area (Å²) < 4.78 is 2.33. The molecule has 1 amide bonds. The Balaban J connectivity index is 2.38. The van der Waals surface area contributed by atoms with Gasteiger partial charge < -0.3 is 5.32 Å². The van der Waals surface area contributed by atoms with Gasteiger partial charge in [-0.2, -0.15) is 7.58 Å². The van der Waals surface area contributed by atoms with Crippen molar-refractivity contribution in [3.63, 3.8) is 0 Å². The van der Waals surface area contributed by atoms with Crippen LogP contribution in [0.1, 0.15) is 0 Å². The molecule has 0 atom stereocenters. The van der Waals surface area contributed by atoms with Crippen LogP contribution in [0.25, 0.3) is 11.1 Å². The predicted octanol–water partition coefficient (Wildman–Crippen LogP) is 0.494. The summed E-state index contributed by atoms with van der Waals surface area (Å²) in [6.45, 7) is 0. The molecule has 0 radical (unpaired) electrons. The summed E-state index contributed by atoms with van der Waals surface area (Å²) in [4.78, 5) is 34.2. The van der Waals surface area contributed by atoms with Crippen molar-refractivity contribution in [1.82, 2.24) is 7.58 Å². The van der Waals surface area contributed by atoms with Crippen molar-refractivity contribution < 1.29 is 4.79 Å². The van der Waals surface area contributed by atoms with E-state index in [1.54, 1.807) is 24.3 Å². The Kier molecular flexibility index (Phi) is 2.27. The molecule has 4 rings (SSSR count). The molecule has 2 bridgehead atoms. The maximum absolute atomic E-state index is 12.1. The lowest BCUT2D eigenvalue weighted by Crippen LogP contribution is -2.38. The molecule has 3 aromatic heterocycles. The largest absolute Gasteiger partial charge is 0.362 e. The summed E-state index contributed by atoms with van der Waals surface area (Å²) >= 11 is 0.966. The lowest BCUT2D eigenvalue weighted by atomic mass is 10.1. The van der Waals surface area contributed by atoms with Gasteiger partial charge in [0.1, 0.15) is 5.82 Å². The number of nitrogens with one attached hydrogen (secondary N) is 1. The molecule has 0 aliphatic rings. The number of hydrogen-bond acceptors (Lipinski definition) is 4. The summed E-state index contributed by atoms with van der Waals surface area (Å²) in [5.74, 6) is 0.221. The van der Waals surface area contributed by atoms with E-state index in [0.29, 0.717) is 17.5 Å². The van der Waals surface area contributed by atoms with Crippen molar-refractivity contribution in [3.8, 4) is 11.1 Å². The highest BCUT2D eigenvalue weighted by Gasteiger charge is 2.21. The molecule has 90 valence electrons. The van der Waals surface area contributed by atoms with E-state index in [1.807, 2.05) is 6.07 Å². The average molecular weight is 261 g/mol. The van der Waals surface area contributed by atoms with E-state index in [1.165, 1.54) is 3.79 Å². The highest BCUT2D eigenvalue weighted by Crippen LogP contribution is 2.24. The van der Waals surface area contributed by atoms with Crippen molar-refractivity contribution in [2.24, 2.45) is 0 Å². The van der Waals surface area contributed by atoms with Crippen LogP contribution >= 0.6 is 11.7 Å². The Bertz CT molecular complexity index is 815. The Hall–Kier alpha value is -2.41. The number of fused-ring (bicyclic) bond motifs is 2. The zero-order valence-corrected chi connectivity index (χ0v) is 9.81. The molecule has 1 aromatic carbocycles. The van der Waals surface area contributed by atoms with Crippen molar-refractivity contribution >= 4 is 24.0 Å². The van der Waals surface area contributed by atoms with E-state index in [4.69, 9.17) is 0 Å². The first-order chi connectivity index (χ1) is 8.74. The van der Waals surface area contributed by atoms with Crippen LogP contribution < -0.4 is 16.6 Å². The molecular weight excluding hydrogens is 254 g/mol. The summed E-state index contributed by atoms with van der Waals surface area (Å²) in [7, 11) is 0. The lowest BCUT2D eigenvalue weighted by Gasteiger charge is -2.14. The smallest absolute Gasteiger partial charge is 0.313 e. The van der Waals surface area contributed by atoms with Gasteiger partial charge >= 0.3 is 5.69 Å². The molecule has 3 heterocycles. The van der Waals surface area contributed by atoms with Gasteiger partial charge in [-0.25, -0.2) is 4.79 Å². The lowest BCUT2D eigenvalue weighted by molar-refractivity contribution is -0.105. The number of hydrogen-bond donors (Lipinski definition) is 1. The Morgan fingerprint density at radius 1 is 1.11 bits per heavy atom. The maximum Gasteiger partial charge on any atom is 0.362 e. The van der Waals surface area contributed by atoms with E-state index < -0.39 is 11.2 Å². The highest BCUT2D eigenvalue weighted by molar-refractivity contribution is 7.01. The molecule has 6 nitrogen and oxygen atoms in total. The number of rotatable bonds is 3. The second kappa shape index (κ2) is 3.81. The van der Waals surface area contributed by atoms with Gasteiger partial charge in [-0.15, -0.1) is 0 Å². The minimum Gasteiger partial charge on any atom is -0.313 e. The Morgan fingerprint density at radius 3 is 2.44 bits per heavy atom. The topological polar surface area (TPSA) is 72.1 Å². The molecule has 18 heavy (non-hydrogen) atoms. The third-order valence-corrected chi connectivity index (χ3v) is 3.59. The van der Waals surface area contributed by atoms with Gasteiger partial charge in [0.2, 0.25) is 6.41 Å². The third kappa shape index (κ3) is 1.31. The minimum atomic E-state index is -0.436. The molecule has 0 unspecified atom stereocenters. The number of carbonyl (C=O) groups is 1. The number of amides is 1. The van der Waals surface area contributed by atoms with Crippen LogP contribution in [0.15, 0.2) is 39.9 Å². The Labute approximate surface area is 104 Å². The van der Waals surface area contributed by atoms with E-state index >= 15 is 0 Å². The van der Waals surface area contributed by atoms with Gasteiger partial charge in [0.05, 0.1) is 5.56 Å². The maximum atomic E-state index is 12.1. The fourth-order valence-electron chi connectivity index (χ4n) is 1.82. The number of benzene rings is 1. The fraction of sp³-hybridized carbons (Fsp3) is 0. The van der Waals surface area contributed by atoms with Crippen LogP contribution in [0.2, 0.25) is 0 Å². The third-order valence-electron chi connectivity index (χ3n) is 2.61. The van der Waals surface area contributed by atoms with Gasteiger partial charge in [0, 0.05) is 11.7 Å². The molecule has 0 saturated carbocycles. The second-order valence-electron chi connectivity index (χ2n) is 3.61. The molecule has 0 spiro atoms. The van der Waals surface area contributed by atoms with Crippen molar-refractivity contribution in [3.05, 3.63) is 51.2 Å². The number of nitrogens with zero attached hydrogens (tertiary/aromatic N) is 2. The zero-order valence-electron chi connectivity index (χ0n) is 8.99. The van der Waals surface area contributed by atoms with Gasteiger partial charge in [0.25, 0.3) is 5.56 Å². The summed E-state index contributed by atoms with van der Waals surface area (Å²) in [5, 5.41) is 2.42. The normalized spacial score (nSPS) is 10.9. The van der Waals surface area contributed by atoms with E-state index in [0.717, 1.165) is 15.5 Å². The molecular formula is C11H7N3O3S. The fourth-order valence-corrected chi connectivity index (χ4v) is 2.56. The van der Waals surface area contributed by atoms with E-state index in [2.05, 4.69) is 5.32 Å². The quantitative estimate of drug-likeness (QED) is 0.698. The number of anilines is 1. The SMILES string of the molecule is O=CNc1c(-c2ccccc2)c(=O)n2sn1c2=O. The summed E-state index contributed by atoms with van der Waals surface area (Å²) in [5.41, 5.74) is 0.132. The average Bonchev–Trinajstić information content (AvgIpc) is 2.38. The van der Waals surface area contributed by atoms with Crippen molar-refractivity contribution in [2.45, 2.75) is 0 Å². The van der Waals surface area contributed by atoms with Crippen LogP contribution in [-0.4, -0.2) is 14.0 Å². The first-order valence-corrected chi connectivity index (χ1v) is 5.83. The molecule has 7 heteroatoms. The van der Waals surface area contributed by atoms with E-state index in [9.17, 15) is 14.4 Å². The van der Waals surface area contributed by atoms with Crippen LogP contribution in [-0.2, 0) is 4.79 Å². The second-order valence-corrected chi connectivity index (χ2v) is 4.50. The summed E-state index contributed by atoms with van der Waals surface area (Å²) in [6.07, 6.45) is 0.452. The first-order valence-electron chi connectivity index (χ1n) is 5.10. The van der Waals surface area contributed by atoms with Crippen LogP contribution in [0.5, 0.6) is 0 Å². The minimum absolute atomic E-state index is 0.221. The number of aromatic nitrogens is 2.